The fraction of sp³-hybridized carbons (Fsp3) is 0.700. The van der Waals surface area contributed by atoms with E-state index in [-0.39, 0.29) is 28.7 Å². The van der Waals surface area contributed by atoms with Crippen LogP contribution in [-0.2, 0) is 19.1 Å². The smallest absolute Gasteiger partial charge is 0.314 e. The minimum Gasteiger partial charge on any atom is -0.435 e. The molecule has 0 aromatic carbocycles. The summed E-state index contributed by atoms with van der Waals surface area (Å²) in [7, 11) is 0. The molecule has 4 aliphatic rings. The molecule has 4 nitrogen and oxygen atoms in total. The zero-order chi connectivity index (χ0) is 17.4. The van der Waals surface area contributed by atoms with Crippen LogP contribution in [0, 0.1) is 28.6 Å². The fourth-order valence-corrected chi connectivity index (χ4v) is 6.28. The Balaban J connectivity index is 1.76. The molecular weight excluding hydrogens is 304 g/mol. The van der Waals surface area contributed by atoms with Crippen LogP contribution in [0.3, 0.4) is 0 Å². The maximum absolute atomic E-state index is 12.3. The molecule has 4 fully saturated rings. The minimum atomic E-state index is -0.200. The Morgan fingerprint density at radius 3 is 2.33 bits per heavy atom. The van der Waals surface area contributed by atoms with E-state index < -0.39 is 0 Å². The summed E-state index contributed by atoms with van der Waals surface area (Å²) >= 11 is 0. The van der Waals surface area contributed by atoms with Crippen molar-refractivity contribution in [3.63, 3.8) is 0 Å². The largest absolute Gasteiger partial charge is 0.435 e. The fourth-order valence-electron chi connectivity index (χ4n) is 6.28. The number of esters is 2. The number of hydrogen-bond donors (Lipinski definition) is 0. The SMILES string of the molecule is C=COC(=O)CCC12CC3CC(C1)CC(C(C)C(=O)OC=C)(C3)C2. The van der Waals surface area contributed by atoms with Crippen molar-refractivity contribution in [1.82, 2.24) is 0 Å². The quantitative estimate of drug-likeness (QED) is 0.513. The standard InChI is InChI=1S/C20H28O4/c1-4-23-17(21)6-7-19-9-15-8-16(10-19)12-20(11-15,13-19)14(3)18(22)24-5-2/h4-5,14-16H,1-2,6-13H2,3H3. The topological polar surface area (TPSA) is 52.6 Å². The van der Waals surface area contributed by atoms with E-state index >= 15 is 0 Å². The van der Waals surface area contributed by atoms with Crippen LogP contribution in [0.25, 0.3) is 0 Å². The second-order valence-corrected chi connectivity index (χ2v) is 8.31. The first-order valence-electron chi connectivity index (χ1n) is 9.04. The van der Waals surface area contributed by atoms with Crippen LogP contribution in [0.4, 0.5) is 0 Å². The monoisotopic (exact) mass is 332 g/mol. The third-order valence-corrected chi connectivity index (χ3v) is 6.77. The van der Waals surface area contributed by atoms with Gasteiger partial charge in [0.2, 0.25) is 0 Å². The van der Waals surface area contributed by atoms with Gasteiger partial charge in [0.25, 0.3) is 0 Å². The molecule has 0 amide bonds. The van der Waals surface area contributed by atoms with Crippen molar-refractivity contribution in [2.45, 2.75) is 58.3 Å². The van der Waals surface area contributed by atoms with E-state index in [2.05, 4.69) is 13.2 Å². The summed E-state index contributed by atoms with van der Waals surface area (Å²) in [5, 5.41) is 0. The summed E-state index contributed by atoms with van der Waals surface area (Å²) in [5.41, 5.74) is 0.222. The van der Waals surface area contributed by atoms with E-state index in [9.17, 15) is 9.59 Å². The van der Waals surface area contributed by atoms with E-state index in [0.29, 0.717) is 18.3 Å². The van der Waals surface area contributed by atoms with Crippen molar-refractivity contribution in [1.29, 1.82) is 0 Å². The highest BCUT2D eigenvalue weighted by atomic mass is 16.5. The second-order valence-electron chi connectivity index (χ2n) is 8.31. The number of hydrogen-bond acceptors (Lipinski definition) is 4. The Morgan fingerprint density at radius 2 is 1.75 bits per heavy atom. The number of ether oxygens (including phenoxy) is 2. The predicted molar refractivity (Wildman–Crippen MR) is 90.5 cm³/mol. The van der Waals surface area contributed by atoms with E-state index in [1.807, 2.05) is 6.92 Å². The first-order chi connectivity index (χ1) is 11.4. The summed E-state index contributed by atoms with van der Waals surface area (Å²) in [4.78, 5) is 24.1. The third-order valence-electron chi connectivity index (χ3n) is 6.77. The maximum atomic E-state index is 12.3. The molecular formula is C20H28O4. The average Bonchev–Trinajstić information content (AvgIpc) is 2.51. The number of rotatable bonds is 7. The Bertz CT molecular complexity index is 536. The van der Waals surface area contributed by atoms with Crippen molar-refractivity contribution in [3.05, 3.63) is 25.7 Å². The minimum absolute atomic E-state index is 0.0342. The van der Waals surface area contributed by atoms with Gasteiger partial charge in [0, 0.05) is 6.42 Å². The molecule has 0 aromatic rings. The van der Waals surface area contributed by atoms with Crippen molar-refractivity contribution >= 4 is 11.9 Å². The van der Waals surface area contributed by atoms with Crippen molar-refractivity contribution < 1.29 is 19.1 Å². The normalized spacial score (nSPS) is 37.5. The van der Waals surface area contributed by atoms with Crippen LogP contribution in [-0.4, -0.2) is 11.9 Å². The van der Waals surface area contributed by atoms with E-state index in [1.165, 1.54) is 31.8 Å². The molecule has 4 rings (SSSR count). The molecule has 3 unspecified atom stereocenters. The van der Waals surface area contributed by atoms with Gasteiger partial charge in [0.15, 0.2) is 0 Å². The maximum Gasteiger partial charge on any atom is 0.314 e. The molecule has 24 heavy (non-hydrogen) atoms. The van der Waals surface area contributed by atoms with Crippen LogP contribution in [0.15, 0.2) is 25.7 Å². The van der Waals surface area contributed by atoms with Crippen molar-refractivity contribution in [3.8, 4) is 0 Å². The Kier molecular flexibility index (Phi) is 4.58. The van der Waals surface area contributed by atoms with E-state index in [0.717, 1.165) is 25.7 Å². The molecule has 132 valence electrons. The van der Waals surface area contributed by atoms with E-state index in [4.69, 9.17) is 9.47 Å². The molecule has 4 saturated carbocycles. The molecule has 4 aliphatic carbocycles. The average molecular weight is 332 g/mol. The van der Waals surface area contributed by atoms with Gasteiger partial charge in [-0.05, 0) is 67.6 Å². The highest BCUT2D eigenvalue weighted by Gasteiger charge is 2.60. The molecule has 0 heterocycles. The first-order valence-corrected chi connectivity index (χ1v) is 9.04. The van der Waals surface area contributed by atoms with Gasteiger partial charge >= 0.3 is 11.9 Å². The summed E-state index contributed by atoms with van der Waals surface area (Å²) in [6.45, 7) is 8.96. The molecule has 0 aromatic heterocycles. The second kappa shape index (κ2) is 6.38. The lowest BCUT2D eigenvalue weighted by molar-refractivity contribution is -0.169. The van der Waals surface area contributed by atoms with Gasteiger partial charge in [-0.1, -0.05) is 20.1 Å². The van der Waals surface area contributed by atoms with Crippen LogP contribution in [0.1, 0.15) is 58.3 Å². The molecule has 3 atom stereocenters. The molecule has 0 aliphatic heterocycles. The summed E-state index contributed by atoms with van der Waals surface area (Å²) in [6.07, 6.45) is 10.7. The Morgan fingerprint density at radius 1 is 1.12 bits per heavy atom. The summed E-state index contributed by atoms with van der Waals surface area (Å²) < 4.78 is 9.98. The van der Waals surface area contributed by atoms with Gasteiger partial charge in [-0.2, -0.15) is 0 Å². The lowest BCUT2D eigenvalue weighted by atomic mass is 9.41. The van der Waals surface area contributed by atoms with Crippen LogP contribution < -0.4 is 0 Å². The van der Waals surface area contributed by atoms with Gasteiger partial charge in [0.1, 0.15) is 0 Å². The molecule has 4 bridgehead atoms. The third kappa shape index (κ3) is 3.03. The van der Waals surface area contributed by atoms with Gasteiger partial charge < -0.3 is 9.47 Å². The molecule has 0 spiro atoms. The van der Waals surface area contributed by atoms with E-state index in [1.54, 1.807) is 0 Å². The zero-order valence-electron chi connectivity index (χ0n) is 14.6. The molecule has 0 N–H and O–H groups in total. The highest BCUT2D eigenvalue weighted by Crippen LogP contribution is 2.68. The Hall–Kier alpha value is -1.58. The lowest BCUT2D eigenvalue weighted by Gasteiger charge is -2.63. The van der Waals surface area contributed by atoms with Gasteiger partial charge in [-0.3, -0.25) is 9.59 Å². The number of carbonyl (C=O) groups excluding carboxylic acids is 2. The van der Waals surface area contributed by atoms with Crippen LogP contribution >= 0.6 is 0 Å². The molecule has 4 heteroatoms. The van der Waals surface area contributed by atoms with Crippen LogP contribution in [0.2, 0.25) is 0 Å². The number of carbonyl (C=O) groups is 2. The predicted octanol–water partition coefficient (Wildman–Crippen LogP) is 4.36. The van der Waals surface area contributed by atoms with Crippen LogP contribution in [0.5, 0.6) is 0 Å². The van der Waals surface area contributed by atoms with Gasteiger partial charge in [-0.15, -0.1) is 0 Å². The summed E-state index contributed by atoms with van der Waals surface area (Å²) in [6, 6.07) is 0. The first kappa shape index (κ1) is 17.2. The Labute approximate surface area is 144 Å². The molecule has 0 radical (unpaired) electrons. The van der Waals surface area contributed by atoms with Crippen molar-refractivity contribution in [2.24, 2.45) is 28.6 Å². The van der Waals surface area contributed by atoms with Crippen molar-refractivity contribution in [2.75, 3.05) is 0 Å². The zero-order valence-corrected chi connectivity index (χ0v) is 14.6. The summed E-state index contributed by atoms with van der Waals surface area (Å²) in [5.74, 6) is 0.893. The van der Waals surface area contributed by atoms with Gasteiger partial charge in [-0.25, -0.2) is 0 Å². The highest BCUT2D eigenvalue weighted by molar-refractivity contribution is 5.73. The lowest BCUT2D eigenvalue weighted by Crippen LogP contribution is -2.55. The van der Waals surface area contributed by atoms with Gasteiger partial charge in [0.05, 0.1) is 18.4 Å². The molecule has 0 saturated heterocycles.